The molecule has 0 aromatic heterocycles. The molecule has 26 heavy (non-hydrogen) atoms. The van der Waals surface area contributed by atoms with Crippen LogP contribution in [-0.2, 0) is 0 Å². The molecule has 3 rings (SSSR count). The van der Waals surface area contributed by atoms with E-state index in [1.165, 1.54) is 4.31 Å². The van der Waals surface area contributed by atoms with Gasteiger partial charge in [-0.3, -0.25) is 9.59 Å². The lowest BCUT2D eigenvalue weighted by atomic mass is 10.1. The number of benzene rings is 2. The van der Waals surface area contributed by atoms with Gasteiger partial charge in [0.1, 0.15) is 16.4 Å². The molecule has 2 amide bonds. The molecule has 2 aromatic carbocycles. The second kappa shape index (κ2) is 7.41. The number of hydrogen-bond donors (Lipinski definition) is 0. The fourth-order valence-electron chi connectivity index (χ4n) is 2.62. The van der Waals surface area contributed by atoms with Gasteiger partial charge >= 0.3 is 0 Å². The number of hydrogen-bond acceptors (Lipinski definition) is 5. The Morgan fingerprint density at radius 2 is 1.23 bits per heavy atom. The fourth-order valence-corrected chi connectivity index (χ4v) is 3.58. The Morgan fingerprint density at radius 1 is 0.769 bits per heavy atom. The van der Waals surface area contributed by atoms with Crippen molar-refractivity contribution in [3.63, 3.8) is 0 Å². The first-order valence-corrected chi connectivity index (χ1v) is 9.28. The summed E-state index contributed by atoms with van der Waals surface area (Å²) in [6.07, 6.45) is -0.100. The summed E-state index contributed by atoms with van der Waals surface area (Å²) < 4.78 is 12.9. The molecule has 0 spiro atoms. The largest absolute Gasteiger partial charge is 0.490 e. The van der Waals surface area contributed by atoms with E-state index < -0.39 is 0 Å². The van der Waals surface area contributed by atoms with Crippen LogP contribution in [0.1, 0.15) is 48.4 Å². The summed E-state index contributed by atoms with van der Waals surface area (Å²) in [5, 5.41) is 0. The third-order valence-electron chi connectivity index (χ3n) is 3.61. The molecular formula is C20H21NO4S. The van der Waals surface area contributed by atoms with Crippen LogP contribution >= 0.6 is 11.9 Å². The molecule has 1 aliphatic heterocycles. The smallest absolute Gasteiger partial charge is 0.272 e. The van der Waals surface area contributed by atoms with Crippen molar-refractivity contribution in [2.24, 2.45) is 0 Å². The van der Waals surface area contributed by atoms with E-state index in [1.54, 1.807) is 24.3 Å². The molecule has 0 fully saturated rings. The molecule has 136 valence electrons. The summed E-state index contributed by atoms with van der Waals surface area (Å²) in [7, 11) is 0. The molecule has 2 aromatic rings. The maximum absolute atomic E-state index is 12.7. The van der Waals surface area contributed by atoms with Crippen LogP contribution in [0.4, 0.5) is 0 Å². The van der Waals surface area contributed by atoms with Gasteiger partial charge in [0.25, 0.3) is 11.8 Å². The summed E-state index contributed by atoms with van der Waals surface area (Å²) in [4.78, 5) is 26.0. The molecule has 0 atom stereocenters. The highest BCUT2D eigenvalue weighted by Gasteiger charge is 2.37. The van der Waals surface area contributed by atoms with Crippen molar-refractivity contribution in [1.82, 2.24) is 4.31 Å². The second-order valence-electron chi connectivity index (χ2n) is 6.46. The van der Waals surface area contributed by atoms with Crippen molar-refractivity contribution in [1.29, 1.82) is 0 Å². The standard InChI is InChI=1S/C20H21NO4S/c1-12(2)24-16-10-7-11-17(25-13(3)4)18(16)26-21-19(22)14-8-5-6-9-15(14)20(21)23/h5-13H,1-4H3. The normalized spacial score (nSPS) is 13.5. The second-order valence-corrected chi connectivity index (χ2v) is 7.41. The third-order valence-corrected chi connectivity index (χ3v) is 4.71. The lowest BCUT2D eigenvalue weighted by Gasteiger charge is -2.21. The Morgan fingerprint density at radius 3 is 1.65 bits per heavy atom. The molecular weight excluding hydrogens is 350 g/mol. The van der Waals surface area contributed by atoms with E-state index in [4.69, 9.17) is 9.47 Å². The average molecular weight is 371 g/mol. The van der Waals surface area contributed by atoms with Crippen LogP contribution in [0.3, 0.4) is 0 Å². The number of carbonyl (C=O) groups excluding carboxylic acids is 2. The van der Waals surface area contributed by atoms with E-state index in [9.17, 15) is 9.59 Å². The van der Waals surface area contributed by atoms with Gasteiger partial charge in [0.2, 0.25) is 0 Å². The van der Waals surface area contributed by atoms with Crippen molar-refractivity contribution in [3.8, 4) is 11.5 Å². The fraction of sp³-hybridized carbons (Fsp3) is 0.300. The van der Waals surface area contributed by atoms with E-state index in [2.05, 4.69) is 0 Å². The maximum atomic E-state index is 12.7. The van der Waals surface area contributed by atoms with Gasteiger partial charge in [0, 0.05) is 11.9 Å². The van der Waals surface area contributed by atoms with Gasteiger partial charge in [-0.1, -0.05) is 18.2 Å². The topological polar surface area (TPSA) is 55.8 Å². The highest BCUT2D eigenvalue weighted by Crippen LogP contribution is 2.43. The maximum Gasteiger partial charge on any atom is 0.272 e. The van der Waals surface area contributed by atoms with E-state index in [0.717, 1.165) is 11.9 Å². The number of rotatable bonds is 6. The molecule has 5 nitrogen and oxygen atoms in total. The Hall–Kier alpha value is -2.47. The average Bonchev–Trinajstić information content (AvgIpc) is 2.82. The van der Waals surface area contributed by atoms with Crippen LogP contribution < -0.4 is 9.47 Å². The molecule has 6 heteroatoms. The molecule has 0 saturated carbocycles. The first-order chi connectivity index (χ1) is 12.4. The molecule has 0 radical (unpaired) electrons. The molecule has 0 N–H and O–H groups in total. The summed E-state index contributed by atoms with van der Waals surface area (Å²) in [6.45, 7) is 7.69. The quantitative estimate of drug-likeness (QED) is 0.550. The van der Waals surface area contributed by atoms with Crippen molar-refractivity contribution < 1.29 is 19.1 Å². The SMILES string of the molecule is CC(C)Oc1cccc(OC(C)C)c1SN1C(=O)c2ccccc2C1=O. The lowest BCUT2D eigenvalue weighted by Crippen LogP contribution is -2.22. The van der Waals surface area contributed by atoms with Crippen LogP contribution in [-0.4, -0.2) is 28.3 Å². The van der Waals surface area contributed by atoms with E-state index in [0.29, 0.717) is 27.5 Å². The van der Waals surface area contributed by atoms with Gasteiger partial charge in [0.15, 0.2) is 0 Å². The number of amides is 2. The van der Waals surface area contributed by atoms with E-state index in [-0.39, 0.29) is 24.0 Å². The molecule has 0 saturated heterocycles. The van der Waals surface area contributed by atoms with Gasteiger partial charge in [-0.25, -0.2) is 4.31 Å². The Bertz CT molecular complexity index is 784. The van der Waals surface area contributed by atoms with Crippen LogP contribution in [0.5, 0.6) is 11.5 Å². The van der Waals surface area contributed by atoms with Crippen LogP contribution in [0.2, 0.25) is 0 Å². The molecule has 0 unspecified atom stereocenters. The predicted molar refractivity (Wildman–Crippen MR) is 101 cm³/mol. The molecule has 1 aliphatic rings. The van der Waals surface area contributed by atoms with Crippen molar-refractivity contribution >= 4 is 23.8 Å². The Labute approximate surface area is 157 Å². The number of imide groups is 1. The molecule has 0 bridgehead atoms. The summed E-state index contributed by atoms with van der Waals surface area (Å²) in [6, 6.07) is 12.3. The summed E-state index contributed by atoms with van der Waals surface area (Å²) in [5.41, 5.74) is 0.831. The zero-order valence-corrected chi connectivity index (χ0v) is 16.0. The van der Waals surface area contributed by atoms with Crippen LogP contribution in [0.25, 0.3) is 0 Å². The van der Waals surface area contributed by atoms with Crippen molar-refractivity contribution in [2.75, 3.05) is 0 Å². The minimum absolute atomic E-state index is 0.0502. The minimum atomic E-state index is -0.328. The minimum Gasteiger partial charge on any atom is -0.490 e. The molecule has 1 heterocycles. The van der Waals surface area contributed by atoms with Gasteiger partial charge in [0.05, 0.1) is 23.3 Å². The summed E-state index contributed by atoms with van der Waals surface area (Å²) >= 11 is 1.05. The lowest BCUT2D eigenvalue weighted by molar-refractivity contribution is 0.0777. The van der Waals surface area contributed by atoms with Crippen molar-refractivity contribution in [3.05, 3.63) is 53.6 Å². The Balaban J connectivity index is 1.98. The predicted octanol–water partition coefficient (Wildman–Crippen LogP) is 4.56. The summed E-state index contributed by atoms with van der Waals surface area (Å²) in [5.74, 6) is 0.510. The first-order valence-electron chi connectivity index (χ1n) is 8.50. The van der Waals surface area contributed by atoms with Gasteiger partial charge < -0.3 is 9.47 Å². The van der Waals surface area contributed by atoms with E-state index >= 15 is 0 Å². The third kappa shape index (κ3) is 3.55. The monoisotopic (exact) mass is 371 g/mol. The Kier molecular flexibility index (Phi) is 5.23. The number of nitrogens with zero attached hydrogens (tertiary/aromatic N) is 1. The van der Waals surface area contributed by atoms with Crippen LogP contribution in [0.15, 0.2) is 47.4 Å². The van der Waals surface area contributed by atoms with Crippen LogP contribution in [0, 0.1) is 0 Å². The highest BCUT2D eigenvalue weighted by molar-refractivity contribution is 7.98. The van der Waals surface area contributed by atoms with Crippen molar-refractivity contribution in [2.45, 2.75) is 44.8 Å². The van der Waals surface area contributed by atoms with E-state index in [1.807, 2.05) is 45.9 Å². The number of ether oxygens (including phenoxy) is 2. The zero-order chi connectivity index (χ0) is 18.8. The first kappa shape index (κ1) is 18.3. The zero-order valence-electron chi connectivity index (χ0n) is 15.2. The number of carbonyl (C=O) groups is 2. The number of fused-ring (bicyclic) bond motifs is 1. The molecule has 0 aliphatic carbocycles. The van der Waals surface area contributed by atoms with Gasteiger partial charge in [-0.05, 0) is 52.0 Å². The van der Waals surface area contributed by atoms with Gasteiger partial charge in [-0.15, -0.1) is 0 Å². The highest BCUT2D eigenvalue weighted by atomic mass is 32.2. The van der Waals surface area contributed by atoms with Gasteiger partial charge in [-0.2, -0.15) is 0 Å².